The number of allylic oxidation sites excluding steroid dienone is 2. The average Bonchev–Trinajstić information content (AvgIpc) is 2.88. The van der Waals surface area contributed by atoms with Crippen LogP contribution in [0.5, 0.6) is 0 Å². The minimum Gasteiger partial charge on any atom is -0.462 e. The van der Waals surface area contributed by atoms with Gasteiger partial charge in [0.05, 0.1) is 24.0 Å². The van der Waals surface area contributed by atoms with Crippen molar-refractivity contribution in [2.75, 3.05) is 18.5 Å². The Hall–Kier alpha value is -2.96. The molecule has 0 spiro atoms. The number of esters is 1. The molecule has 0 saturated carbocycles. The van der Waals surface area contributed by atoms with Gasteiger partial charge in [-0.25, -0.2) is 4.79 Å². The van der Waals surface area contributed by atoms with E-state index in [0.717, 1.165) is 4.90 Å². The van der Waals surface area contributed by atoms with Crippen molar-refractivity contribution in [2.45, 2.75) is 19.8 Å². The minimum absolute atomic E-state index is 0.280. The highest BCUT2D eigenvalue weighted by Crippen LogP contribution is 2.34. The predicted octanol–water partition coefficient (Wildman–Crippen LogP) is 1.75. The van der Waals surface area contributed by atoms with Gasteiger partial charge in [0.15, 0.2) is 0 Å². The van der Waals surface area contributed by atoms with Gasteiger partial charge in [-0.05, 0) is 44.0 Å². The second kappa shape index (κ2) is 7.51. The molecular weight excluding hydrogens is 336 g/mol. The molecule has 2 atom stereocenters. The summed E-state index contributed by atoms with van der Waals surface area (Å²) in [7, 11) is 0. The van der Waals surface area contributed by atoms with E-state index in [-0.39, 0.29) is 36.8 Å². The Kier molecular flexibility index (Phi) is 5.16. The maximum absolute atomic E-state index is 12.4. The number of hydrogen-bond acceptors (Lipinski definition) is 5. The number of fused-ring (bicyclic) bond motifs is 1. The number of amides is 3. The molecule has 0 aromatic heterocycles. The lowest BCUT2D eigenvalue weighted by atomic mass is 9.85. The summed E-state index contributed by atoms with van der Waals surface area (Å²) in [5, 5.41) is 2.64. The maximum atomic E-state index is 12.4. The summed E-state index contributed by atoms with van der Waals surface area (Å²) in [5.41, 5.74) is 0.854. The molecule has 1 fully saturated rings. The van der Waals surface area contributed by atoms with Crippen LogP contribution in [-0.2, 0) is 19.1 Å². The number of imide groups is 1. The normalized spacial score (nSPS) is 21.5. The summed E-state index contributed by atoms with van der Waals surface area (Å²) in [6, 6.07) is 6.23. The van der Waals surface area contributed by atoms with Gasteiger partial charge in [0.2, 0.25) is 17.7 Å². The summed E-state index contributed by atoms with van der Waals surface area (Å²) in [4.78, 5) is 49.6. The number of benzene rings is 1. The molecule has 1 saturated heterocycles. The van der Waals surface area contributed by atoms with E-state index in [9.17, 15) is 19.2 Å². The van der Waals surface area contributed by atoms with Crippen molar-refractivity contribution in [3.05, 3.63) is 42.0 Å². The van der Waals surface area contributed by atoms with Crippen LogP contribution in [0.1, 0.15) is 30.1 Å². The summed E-state index contributed by atoms with van der Waals surface area (Å²) in [6.07, 6.45) is 4.90. The monoisotopic (exact) mass is 356 g/mol. The first-order valence-corrected chi connectivity index (χ1v) is 8.58. The van der Waals surface area contributed by atoms with Crippen molar-refractivity contribution in [2.24, 2.45) is 11.8 Å². The van der Waals surface area contributed by atoms with E-state index in [2.05, 4.69) is 5.32 Å². The molecule has 26 heavy (non-hydrogen) atoms. The SMILES string of the molecule is CCOC(=O)c1ccc(NC(=O)CN2C(=O)[C@H]3CC=CC[C@@H]3C2=O)cc1. The van der Waals surface area contributed by atoms with Gasteiger partial charge in [-0.2, -0.15) is 0 Å². The molecule has 136 valence electrons. The molecule has 1 aliphatic heterocycles. The number of ether oxygens (including phenoxy) is 1. The molecule has 7 nitrogen and oxygen atoms in total. The molecule has 1 aromatic rings. The van der Waals surface area contributed by atoms with Crippen molar-refractivity contribution >= 4 is 29.4 Å². The summed E-state index contributed by atoms with van der Waals surface area (Å²) < 4.78 is 4.89. The van der Waals surface area contributed by atoms with Gasteiger partial charge in [-0.1, -0.05) is 12.2 Å². The minimum atomic E-state index is -0.456. The van der Waals surface area contributed by atoms with E-state index in [4.69, 9.17) is 4.74 Å². The first-order valence-electron chi connectivity index (χ1n) is 8.58. The van der Waals surface area contributed by atoms with Gasteiger partial charge in [-0.15, -0.1) is 0 Å². The van der Waals surface area contributed by atoms with Crippen LogP contribution >= 0.6 is 0 Å². The number of anilines is 1. The van der Waals surface area contributed by atoms with Crippen LogP contribution in [0.25, 0.3) is 0 Å². The highest BCUT2D eigenvalue weighted by Gasteiger charge is 2.47. The smallest absolute Gasteiger partial charge is 0.338 e. The number of carbonyl (C=O) groups is 4. The molecule has 0 bridgehead atoms. The van der Waals surface area contributed by atoms with Crippen LogP contribution in [0.3, 0.4) is 0 Å². The van der Waals surface area contributed by atoms with E-state index < -0.39 is 11.9 Å². The molecule has 0 unspecified atom stereocenters. The predicted molar refractivity (Wildman–Crippen MR) is 93.1 cm³/mol. The lowest BCUT2D eigenvalue weighted by Gasteiger charge is -2.14. The van der Waals surface area contributed by atoms with Crippen LogP contribution in [0.2, 0.25) is 0 Å². The molecule has 2 aliphatic rings. The second-order valence-electron chi connectivity index (χ2n) is 6.26. The van der Waals surface area contributed by atoms with Crippen LogP contribution in [0, 0.1) is 11.8 Å². The summed E-state index contributed by atoms with van der Waals surface area (Å²) in [5.74, 6) is -2.14. The Balaban J connectivity index is 1.60. The molecule has 3 amide bonds. The van der Waals surface area contributed by atoms with E-state index >= 15 is 0 Å². The molecule has 1 aliphatic carbocycles. The third-order valence-corrected chi connectivity index (χ3v) is 4.58. The molecule has 1 heterocycles. The Morgan fingerprint density at radius 3 is 2.19 bits per heavy atom. The zero-order valence-corrected chi connectivity index (χ0v) is 14.4. The van der Waals surface area contributed by atoms with Crippen LogP contribution in [-0.4, -0.2) is 41.7 Å². The van der Waals surface area contributed by atoms with Crippen molar-refractivity contribution in [1.82, 2.24) is 4.90 Å². The van der Waals surface area contributed by atoms with Gasteiger partial charge in [0.1, 0.15) is 6.54 Å². The standard InChI is InChI=1S/C19H20N2O5/c1-2-26-19(25)12-7-9-13(10-8-12)20-16(22)11-21-17(23)14-5-3-4-6-15(14)18(21)24/h3-4,7-10,14-15H,2,5-6,11H2,1H3,(H,20,22)/t14-,15-/m0/s1. The number of hydrogen-bond donors (Lipinski definition) is 1. The summed E-state index contributed by atoms with van der Waals surface area (Å²) in [6.45, 7) is 1.71. The highest BCUT2D eigenvalue weighted by molar-refractivity contribution is 6.08. The third kappa shape index (κ3) is 3.51. The Bertz CT molecular complexity index is 743. The van der Waals surface area contributed by atoms with Gasteiger partial charge in [0.25, 0.3) is 0 Å². The van der Waals surface area contributed by atoms with E-state index in [1.807, 2.05) is 12.2 Å². The van der Waals surface area contributed by atoms with Crippen molar-refractivity contribution in [3.63, 3.8) is 0 Å². The van der Waals surface area contributed by atoms with Gasteiger partial charge in [0, 0.05) is 5.69 Å². The van der Waals surface area contributed by atoms with Crippen LogP contribution in [0.15, 0.2) is 36.4 Å². The van der Waals surface area contributed by atoms with E-state index in [0.29, 0.717) is 24.1 Å². The van der Waals surface area contributed by atoms with Crippen LogP contribution < -0.4 is 5.32 Å². The van der Waals surface area contributed by atoms with Crippen molar-refractivity contribution < 1.29 is 23.9 Å². The molecular formula is C19H20N2O5. The topological polar surface area (TPSA) is 92.8 Å². The maximum Gasteiger partial charge on any atom is 0.338 e. The fourth-order valence-corrected chi connectivity index (χ4v) is 3.27. The second-order valence-corrected chi connectivity index (χ2v) is 6.26. The first-order chi connectivity index (χ1) is 12.5. The average molecular weight is 356 g/mol. The molecule has 1 N–H and O–H groups in total. The van der Waals surface area contributed by atoms with Gasteiger partial charge < -0.3 is 10.1 Å². The van der Waals surface area contributed by atoms with Gasteiger partial charge in [-0.3, -0.25) is 19.3 Å². The number of nitrogens with one attached hydrogen (secondary N) is 1. The summed E-state index contributed by atoms with van der Waals surface area (Å²) >= 11 is 0. The Morgan fingerprint density at radius 2 is 1.65 bits per heavy atom. The lowest BCUT2D eigenvalue weighted by molar-refractivity contribution is -0.142. The molecule has 7 heteroatoms. The molecule has 0 radical (unpaired) electrons. The zero-order chi connectivity index (χ0) is 18.7. The van der Waals surface area contributed by atoms with Crippen molar-refractivity contribution in [3.8, 4) is 0 Å². The molecule has 1 aromatic carbocycles. The zero-order valence-electron chi connectivity index (χ0n) is 14.4. The number of likely N-dealkylation sites (tertiary alicyclic amines) is 1. The Labute approximate surface area is 151 Å². The first kappa shape index (κ1) is 17.8. The fourth-order valence-electron chi connectivity index (χ4n) is 3.27. The van der Waals surface area contributed by atoms with E-state index in [1.165, 1.54) is 0 Å². The van der Waals surface area contributed by atoms with Crippen LogP contribution in [0.4, 0.5) is 5.69 Å². The Morgan fingerprint density at radius 1 is 1.08 bits per heavy atom. The number of carbonyl (C=O) groups excluding carboxylic acids is 4. The number of rotatable bonds is 5. The quantitative estimate of drug-likeness (QED) is 0.493. The van der Waals surface area contributed by atoms with Crippen molar-refractivity contribution in [1.29, 1.82) is 0 Å². The van der Waals surface area contributed by atoms with Gasteiger partial charge >= 0.3 is 5.97 Å². The third-order valence-electron chi connectivity index (χ3n) is 4.58. The molecule has 3 rings (SSSR count). The largest absolute Gasteiger partial charge is 0.462 e. The lowest BCUT2D eigenvalue weighted by Crippen LogP contribution is -2.38. The number of nitrogens with zero attached hydrogens (tertiary/aromatic N) is 1. The fraction of sp³-hybridized carbons (Fsp3) is 0.368. The highest BCUT2D eigenvalue weighted by atomic mass is 16.5. The van der Waals surface area contributed by atoms with E-state index in [1.54, 1.807) is 31.2 Å².